The number of carbonyl (C=O) groups excluding carboxylic acids is 1. The molecule has 1 N–H and O–H groups in total. The number of aryl methyl sites for hydroxylation is 1. The van der Waals surface area contributed by atoms with Crippen molar-refractivity contribution in [3.05, 3.63) is 52.8 Å². The van der Waals surface area contributed by atoms with E-state index in [-0.39, 0.29) is 48.6 Å². The van der Waals surface area contributed by atoms with Gasteiger partial charge in [0.2, 0.25) is 12.5 Å². The molecule has 0 saturated carbocycles. The molecule has 2 aromatic carbocycles. The number of carbonyl (C=O) groups is 1. The lowest BCUT2D eigenvalue weighted by molar-refractivity contribution is -0.141. The second-order valence-electron chi connectivity index (χ2n) is 11.1. The fourth-order valence-corrected chi connectivity index (χ4v) is 6.62. The number of hydrogen-bond acceptors (Lipinski definition) is 9. The molecule has 0 spiro atoms. The largest absolute Gasteiger partial charge is 0.502 e. The molecule has 1 aromatic heterocycles. The molecule has 218 valence electrons. The Bertz CT molecular complexity index is 1400. The lowest BCUT2D eigenvalue weighted by Crippen LogP contribution is -2.37. The third-order valence-electron chi connectivity index (χ3n) is 8.64. The van der Waals surface area contributed by atoms with Crippen molar-refractivity contribution in [2.45, 2.75) is 63.8 Å². The van der Waals surface area contributed by atoms with Crippen LogP contribution in [0.5, 0.6) is 28.7 Å². The highest BCUT2D eigenvalue weighted by Gasteiger charge is 2.53. The maximum atomic E-state index is 13.4. The van der Waals surface area contributed by atoms with Crippen LogP contribution in [0.4, 0.5) is 0 Å². The zero-order valence-electron chi connectivity index (χ0n) is 23.8. The molecule has 6 rings (SSSR count). The van der Waals surface area contributed by atoms with Gasteiger partial charge in [0.1, 0.15) is 0 Å². The Morgan fingerprint density at radius 2 is 1.63 bits per heavy atom. The summed E-state index contributed by atoms with van der Waals surface area (Å²) in [5.74, 6) is 0.348. The van der Waals surface area contributed by atoms with Crippen molar-refractivity contribution in [1.82, 2.24) is 15.0 Å². The van der Waals surface area contributed by atoms with Gasteiger partial charge < -0.3 is 28.8 Å². The van der Waals surface area contributed by atoms with E-state index in [1.807, 2.05) is 23.0 Å². The van der Waals surface area contributed by atoms with Crippen molar-refractivity contribution in [2.24, 2.45) is 11.8 Å². The molecule has 1 fully saturated rings. The predicted octanol–water partition coefficient (Wildman–Crippen LogP) is 5.16. The number of cyclic esters (lactones) is 1. The van der Waals surface area contributed by atoms with Gasteiger partial charge in [0.05, 0.1) is 38.5 Å². The van der Waals surface area contributed by atoms with Gasteiger partial charge in [-0.3, -0.25) is 4.79 Å². The summed E-state index contributed by atoms with van der Waals surface area (Å²) in [6, 6.07) is 7.19. The normalized spacial score (nSPS) is 22.3. The summed E-state index contributed by atoms with van der Waals surface area (Å²) in [7, 11) is 2.97. The van der Waals surface area contributed by atoms with Crippen LogP contribution in [0.3, 0.4) is 0 Å². The number of rotatable bonds is 11. The Balaban J connectivity index is 1.40. The van der Waals surface area contributed by atoms with Crippen molar-refractivity contribution in [2.75, 3.05) is 27.6 Å². The van der Waals surface area contributed by atoms with Gasteiger partial charge in [0, 0.05) is 18.0 Å². The van der Waals surface area contributed by atoms with E-state index in [2.05, 4.69) is 17.2 Å². The van der Waals surface area contributed by atoms with Crippen molar-refractivity contribution in [3.63, 3.8) is 0 Å². The van der Waals surface area contributed by atoms with E-state index in [1.165, 1.54) is 46.3 Å². The van der Waals surface area contributed by atoms with Crippen LogP contribution in [0, 0.1) is 11.8 Å². The number of aromatic hydroxyl groups is 1. The van der Waals surface area contributed by atoms with Gasteiger partial charge in [0.25, 0.3) is 0 Å². The van der Waals surface area contributed by atoms with Crippen LogP contribution >= 0.6 is 0 Å². The molecule has 1 saturated heterocycles. The molecule has 3 aromatic rings. The Labute approximate surface area is 239 Å². The standard InChI is InChI=1S/C31H37N3O7/c1-4-5-6-7-8-9-10-19-15-34(33-32-19)29-21-14-24-23(40-17-41-24)13-20(21)27(28-22(29)16-39-31(28)36)18-11-25(37-2)30(35)26(12-18)38-3/h11-15,22,27-29,35H,4-10,16-17H2,1-3H3/t22-,27+,28-,29+/m0/s1. The SMILES string of the molecule is CCCCCCCCc1cn([C@@H]2c3cc4c(cc3[C@@H](c3cc(OC)c(O)c(OC)c3)[C@H]3C(=O)OC[C@@H]32)OCO4)nn1. The fraction of sp³-hybridized carbons (Fsp3) is 0.516. The molecule has 3 heterocycles. The van der Waals surface area contributed by atoms with Gasteiger partial charge in [-0.25, -0.2) is 4.68 Å². The number of unbranched alkanes of at least 4 members (excludes halogenated alkanes) is 5. The zero-order chi connectivity index (χ0) is 28.5. The van der Waals surface area contributed by atoms with Crippen molar-refractivity contribution >= 4 is 5.97 Å². The first kappa shape index (κ1) is 27.2. The predicted molar refractivity (Wildman–Crippen MR) is 149 cm³/mol. The van der Waals surface area contributed by atoms with Gasteiger partial charge in [0.15, 0.2) is 23.0 Å². The summed E-state index contributed by atoms with van der Waals surface area (Å²) < 4.78 is 30.1. The first-order valence-corrected chi connectivity index (χ1v) is 14.5. The third-order valence-corrected chi connectivity index (χ3v) is 8.64. The van der Waals surface area contributed by atoms with Crippen molar-refractivity contribution < 1.29 is 33.6 Å². The van der Waals surface area contributed by atoms with Gasteiger partial charge in [-0.05, 0) is 53.8 Å². The van der Waals surface area contributed by atoms with Crippen LogP contribution in [0.15, 0.2) is 30.5 Å². The summed E-state index contributed by atoms with van der Waals surface area (Å²) in [6.07, 6.45) is 10.2. The van der Waals surface area contributed by atoms with Gasteiger partial charge in [-0.15, -0.1) is 5.10 Å². The maximum absolute atomic E-state index is 13.4. The number of fused-ring (bicyclic) bond motifs is 3. The third kappa shape index (κ3) is 4.93. The molecular weight excluding hydrogens is 526 g/mol. The molecular formula is C31H37N3O7. The molecule has 0 unspecified atom stereocenters. The van der Waals surface area contributed by atoms with Crippen LogP contribution < -0.4 is 18.9 Å². The highest BCUT2D eigenvalue weighted by atomic mass is 16.7. The minimum Gasteiger partial charge on any atom is -0.502 e. The van der Waals surface area contributed by atoms with Gasteiger partial charge in [-0.1, -0.05) is 44.2 Å². The van der Waals surface area contributed by atoms with Crippen LogP contribution in [-0.4, -0.2) is 53.7 Å². The molecule has 0 bridgehead atoms. The smallest absolute Gasteiger partial charge is 0.310 e. The quantitative estimate of drug-likeness (QED) is 0.250. The Kier molecular flexibility index (Phi) is 7.64. The maximum Gasteiger partial charge on any atom is 0.310 e. The molecule has 2 aliphatic heterocycles. The number of phenolic OH excluding ortho intramolecular Hbond substituents is 1. The van der Waals surface area contributed by atoms with E-state index < -0.39 is 11.8 Å². The molecule has 41 heavy (non-hydrogen) atoms. The summed E-state index contributed by atoms with van der Waals surface area (Å²) in [5.41, 5.74) is 3.59. The average molecular weight is 564 g/mol. The van der Waals surface area contributed by atoms with Crippen LogP contribution in [-0.2, 0) is 16.0 Å². The minimum atomic E-state index is -0.502. The van der Waals surface area contributed by atoms with Crippen LogP contribution in [0.25, 0.3) is 0 Å². The number of nitrogens with zero attached hydrogens (tertiary/aromatic N) is 3. The van der Waals surface area contributed by atoms with E-state index >= 15 is 0 Å². The number of aromatic nitrogens is 3. The lowest BCUT2D eigenvalue weighted by Gasteiger charge is -2.39. The van der Waals surface area contributed by atoms with Crippen molar-refractivity contribution in [1.29, 1.82) is 0 Å². The second kappa shape index (κ2) is 11.5. The first-order valence-electron chi connectivity index (χ1n) is 14.5. The van der Waals surface area contributed by atoms with E-state index in [0.717, 1.165) is 35.2 Å². The summed E-state index contributed by atoms with van der Waals surface area (Å²) >= 11 is 0. The van der Waals surface area contributed by atoms with Gasteiger partial charge in [-0.2, -0.15) is 0 Å². The monoisotopic (exact) mass is 563 g/mol. The second-order valence-corrected chi connectivity index (χ2v) is 11.1. The molecule has 3 aliphatic rings. The van der Waals surface area contributed by atoms with Crippen LogP contribution in [0.1, 0.15) is 79.8 Å². The summed E-state index contributed by atoms with van der Waals surface area (Å²) in [6.45, 7) is 2.62. The molecule has 4 atom stereocenters. The molecule has 0 radical (unpaired) electrons. The highest BCUT2D eigenvalue weighted by molar-refractivity contribution is 5.79. The Morgan fingerprint density at radius 3 is 2.34 bits per heavy atom. The van der Waals surface area contributed by atoms with E-state index in [0.29, 0.717) is 11.5 Å². The summed E-state index contributed by atoms with van der Waals surface area (Å²) in [4.78, 5) is 13.4. The highest BCUT2D eigenvalue weighted by Crippen LogP contribution is 2.56. The zero-order valence-corrected chi connectivity index (χ0v) is 23.8. The van der Waals surface area contributed by atoms with Crippen molar-refractivity contribution in [3.8, 4) is 28.7 Å². The van der Waals surface area contributed by atoms with E-state index in [9.17, 15) is 9.90 Å². The molecule has 1 aliphatic carbocycles. The first-order chi connectivity index (χ1) is 20.0. The topological polar surface area (TPSA) is 114 Å². The summed E-state index contributed by atoms with van der Waals surface area (Å²) in [5, 5.41) is 19.7. The number of phenols is 1. The molecule has 10 nitrogen and oxygen atoms in total. The van der Waals surface area contributed by atoms with Crippen LogP contribution in [0.2, 0.25) is 0 Å². The number of hydrogen-bond donors (Lipinski definition) is 1. The molecule has 0 amide bonds. The number of esters is 1. The fourth-order valence-electron chi connectivity index (χ4n) is 6.62. The Morgan fingerprint density at radius 1 is 0.951 bits per heavy atom. The Hall–Kier alpha value is -3.95. The molecule has 10 heteroatoms. The van der Waals surface area contributed by atoms with Gasteiger partial charge >= 0.3 is 5.97 Å². The number of benzene rings is 2. The lowest BCUT2D eigenvalue weighted by atomic mass is 9.65. The minimum absolute atomic E-state index is 0.0931. The van der Waals surface area contributed by atoms with E-state index in [1.54, 1.807) is 12.1 Å². The average Bonchev–Trinajstić information content (AvgIpc) is 3.73. The number of methoxy groups -OCH3 is 2. The van der Waals surface area contributed by atoms with E-state index in [4.69, 9.17) is 23.7 Å². The number of ether oxygens (including phenoxy) is 5.